The number of fused-ring (bicyclic) bond motifs is 13. The summed E-state index contributed by atoms with van der Waals surface area (Å²) in [5, 5.41) is 15.2. The molecule has 0 atom stereocenters. The van der Waals surface area contributed by atoms with Crippen LogP contribution >= 0.6 is 0 Å². The van der Waals surface area contributed by atoms with Gasteiger partial charge in [-0.1, -0.05) is 152 Å². The molecule has 0 spiro atoms. The minimum Gasteiger partial charge on any atom is -0.455 e. The van der Waals surface area contributed by atoms with Crippen LogP contribution < -0.4 is 0 Å². The summed E-state index contributed by atoms with van der Waals surface area (Å²) in [5.41, 5.74) is 12.2. The van der Waals surface area contributed by atoms with Gasteiger partial charge in [0.15, 0.2) is 5.82 Å². The van der Waals surface area contributed by atoms with Crippen molar-refractivity contribution in [2.75, 3.05) is 0 Å². The number of para-hydroxylation sites is 4. The Morgan fingerprint density at radius 2 is 0.896 bits per heavy atom. The van der Waals surface area contributed by atoms with Gasteiger partial charge in [-0.3, -0.25) is 0 Å². The summed E-state index contributed by atoms with van der Waals surface area (Å²) in [6.45, 7) is 0. The Morgan fingerprint density at radius 1 is 0.328 bits per heavy atom. The van der Waals surface area contributed by atoms with Gasteiger partial charge in [-0.2, -0.15) is 0 Å². The predicted octanol–water partition coefficient (Wildman–Crippen LogP) is 16.5. The summed E-state index contributed by atoms with van der Waals surface area (Å²) in [6, 6.07) is 78.7. The first-order valence-corrected chi connectivity index (χ1v) is 22.8. The Hall–Kier alpha value is -9.06. The third kappa shape index (κ3) is 5.25. The van der Waals surface area contributed by atoms with Crippen molar-refractivity contribution in [3.05, 3.63) is 218 Å². The van der Waals surface area contributed by atoms with Crippen LogP contribution in [0.4, 0.5) is 0 Å². The van der Waals surface area contributed by atoms with Gasteiger partial charge in [-0.25, -0.2) is 9.97 Å². The fourth-order valence-corrected chi connectivity index (χ4v) is 11.0. The topological polar surface area (TPSA) is 48.8 Å². The van der Waals surface area contributed by atoms with Crippen molar-refractivity contribution in [2.45, 2.75) is 0 Å². The SMILES string of the molecule is c1ccc2cc3c(cc2c1)c1ccccc1n3-c1ccc2c3cc4ccccc4cc3n(-c3cccc4c(-c5nc(-c6cccc7c6oc6ccccc67)nc6ccccc56)cccc34)c2c1. The molecule has 0 radical (unpaired) electrons. The summed E-state index contributed by atoms with van der Waals surface area (Å²) < 4.78 is 11.5. The summed E-state index contributed by atoms with van der Waals surface area (Å²) in [5.74, 6) is 0.631. The van der Waals surface area contributed by atoms with E-state index in [0.29, 0.717) is 5.82 Å². The van der Waals surface area contributed by atoms with Gasteiger partial charge in [0.05, 0.1) is 44.5 Å². The summed E-state index contributed by atoms with van der Waals surface area (Å²) in [4.78, 5) is 10.7. The van der Waals surface area contributed by atoms with Crippen LogP contribution in [0.5, 0.6) is 0 Å². The average molecular weight is 853 g/mol. The van der Waals surface area contributed by atoms with E-state index in [0.717, 1.165) is 82.8 Å². The van der Waals surface area contributed by atoms with E-state index in [4.69, 9.17) is 14.4 Å². The maximum atomic E-state index is 6.53. The van der Waals surface area contributed by atoms with Crippen molar-refractivity contribution >= 4 is 109 Å². The van der Waals surface area contributed by atoms with Gasteiger partial charge in [0, 0.05) is 54.3 Å². The van der Waals surface area contributed by atoms with Gasteiger partial charge in [0.25, 0.3) is 0 Å². The fraction of sp³-hybridized carbons (Fsp3) is 0. The van der Waals surface area contributed by atoms with Gasteiger partial charge in [0.2, 0.25) is 0 Å². The highest BCUT2D eigenvalue weighted by molar-refractivity contribution is 6.18. The average Bonchev–Trinajstić information content (AvgIpc) is 4.03. The molecule has 0 saturated heterocycles. The molecule has 0 unspecified atom stereocenters. The molecule has 310 valence electrons. The highest BCUT2D eigenvalue weighted by atomic mass is 16.3. The first kappa shape index (κ1) is 36.3. The molecule has 0 saturated carbocycles. The van der Waals surface area contributed by atoms with Crippen molar-refractivity contribution in [1.82, 2.24) is 19.1 Å². The van der Waals surface area contributed by atoms with Gasteiger partial charge >= 0.3 is 0 Å². The second kappa shape index (κ2) is 13.7. The third-order valence-corrected chi connectivity index (χ3v) is 14.1. The lowest BCUT2D eigenvalue weighted by Crippen LogP contribution is -1.99. The van der Waals surface area contributed by atoms with Crippen LogP contribution in [0.15, 0.2) is 223 Å². The number of hydrogen-bond acceptors (Lipinski definition) is 3. The number of aromatic nitrogens is 4. The van der Waals surface area contributed by atoms with Crippen LogP contribution in [-0.2, 0) is 0 Å². The molecule has 0 fully saturated rings. The number of furan rings is 1. The molecule has 4 heterocycles. The lowest BCUT2D eigenvalue weighted by atomic mass is 9.97. The van der Waals surface area contributed by atoms with Crippen molar-refractivity contribution in [2.24, 2.45) is 0 Å². The summed E-state index contributed by atoms with van der Waals surface area (Å²) in [6.07, 6.45) is 0. The van der Waals surface area contributed by atoms with Crippen molar-refractivity contribution in [3.8, 4) is 34.0 Å². The molecule has 15 rings (SSSR count). The second-order valence-electron chi connectivity index (χ2n) is 17.7. The Balaban J connectivity index is 0.995. The van der Waals surface area contributed by atoms with Gasteiger partial charge in [-0.15, -0.1) is 0 Å². The molecule has 67 heavy (non-hydrogen) atoms. The highest BCUT2D eigenvalue weighted by Gasteiger charge is 2.22. The molecule has 0 bridgehead atoms. The third-order valence-electron chi connectivity index (χ3n) is 14.1. The number of rotatable bonds is 4. The molecule has 0 amide bonds. The zero-order chi connectivity index (χ0) is 43.7. The highest BCUT2D eigenvalue weighted by Crippen LogP contribution is 2.43. The van der Waals surface area contributed by atoms with Crippen molar-refractivity contribution < 1.29 is 4.42 Å². The van der Waals surface area contributed by atoms with E-state index in [-0.39, 0.29) is 0 Å². The first-order chi connectivity index (χ1) is 33.2. The molecule has 4 aromatic heterocycles. The van der Waals surface area contributed by atoms with Crippen molar-refractivity contribution in [1.29, 1.82) is 0 Å². The van der Waals surface area contributed by atoms with Crippen LogP contribution in [0.1, 0.15) is 0 Å². The van der Waals surface area contributed by atoms with Gasteiger partial charge in [0.1, 0.15) is 11.2 Å². The zero-order valence-electron chi connectivity index (χ0n) is 36.0. The quantitative estimate of drug-likeness (QED) is 0.177. The second-order valence-corrected chi connectivity index (χ2v) is 17.7. The summed E-state index contributed by atoms with van der Waals surface area (Å²) >= 11 is 0. The summed E-state index contributed by atoms with van der Waals surface area (Å²) in [7, 11) is 0. The largest absolute Gasteiger partial charge is 0.455 e. The molecule has 5 nitrogen and oxygen atoms in total. The monoisotopic (exact) mass is 852 g/mol. The van der Waals surface area contributed by atoms with Crippen molar-refractivity contribution in [3.63, 3.8) is 0 Å². The zero-order valence-corrected chi connectivity index (χ0v) is 36.0. The van der Waals surface area contributed by atoms with E-state index in [1.165, 1.54) is 54.1 Å². The van der Waals surface area contributed by atoms with E-state index in [9.17, 15) is 0 Å². The fourth-order valence-electron chi connectivity index (χ4n) is 11.0. The molecule has 11 aromatic carbocycles. The number of benzene rings is 11. The predicted molar refractivity (Wildman–Crippen MR) is 279 cm³/mol. The minimum absolute atomic E-state index is 0.631. The Kier molecular flexibility index (Phi) is 7.44. The van der Waals surface area contributed by atoms with E-state index in [1.807, 2.05) is 18.2 Å². The number of hydrogen-bond donors (Lipinski definition) is 0. The van der Waals surface area contributed by atoms with E-state index >= 15 is 0 Å². The molecule has 0 N–H and O–H groups in total. The van der Waals surface area contributed by atoms with Crippen LogP contribution in [-0.4, -0.2) is 19.1 Å². The molecular weight excluding hydrogens is 817 g/mol. The van der Waals surface area contributed by atoms with Crippen LogP contribution in [0.25, 0.3) is 143 Å². The Bertz CT molecular complexity index is 4590. The van der Waals surface area contributed by atoms with Crippen LogP contribution in [0, 0.1) is 0 Å². The maximum absolute atomic E-state index is 6.53. The normalized spacial score (nSPS) is 12.2. The molecule has 0 aliphatic heterocycles. The molecule has 0 aliphatic carbocycles. The molecule has 15 aromatic rings. The standard InChI is InChI=1S/C62H36N4O/c1-3-16-39-34-56-51(32-37(39)14-1)44-18-6-9-27-54(44)65(56)41-30-31-45-52-33-38-15-2-4-17-40(38)35-57(52)66(58(45)36-41)55-28-13-21-42-43(55)22-11-23-47(42)60-49-20-5-8-26-53(49)63-62(64-60)50-25-12-24-48-46-19-7-10-29-59(46)67-61(48)50/h1-36H. The minimum atomic E-state index is 0.631. The van der Waals surface area contributed by atoms with Gasteiger partial charge < -0.3 is 13.6 Å². The van der Waals surface area contributed by atoms with E-state index in [1.54, 1.807) is 0 Å². The maximum Gasteiger partial charge on any atom is 0.164 e. The lowest BCUT2D eigenvalue weighted by Gasteiger charge is -2.16. The van der Waals surface area contributed by atoms with Crippen LogP contribution in [0.3, 0.4) is 0 Å². The van der Waals surface area contributed by atoms with Crippen LogP contribution in [0.2, 0.25) is 0 Å². The van der Waals surface area contributed by atoms with E-state index in [2.05, 4.69) is 209 Å². The van der Waals surface area contributed by atoms with E-state index < -0.39 is 0 Å². The lowest BCUT2D eigenvalue weighted by molar-refractivity contribution is 0.669. The van der Waals surface area contributed by atoms with Gasteiger partial charge in [-0.05, 0) is 93.7 Å². The Labute approximate surface area is 383 Å². The number of nitrogens with zero attached hydrogens (tertiary/aromatic N) is 4. The molecule has 5 heteroatoms. The molecule has 0 aliphatic rings. The smallest absolute Gasteiger partial charge is 0.164 e. The molecular formula is C62H36N4O. The first-order valence-electron chi connectivity index (χ1n) is 22.8. The Morgan fingerprint density at radius 3 is 1.69 bits per heavy atom.